The minimum absolute atomic E-state index is 0.0968. The van der Waals surface area contributed by atoms with Crippen LogP contribution in [0.2, 0.25) is 0 Å². The molecule has 5 rings (SSSR count). The summed E-state index contributed by atoms with van der Waals surface area (Å²) in [6.45, 7) is 4.62. The van der Waals surface area contributed by atoms with Crippen molar-refractivity contribution in [2.45, 2.75) is 37.7 Å². The lowest BCUT2D eigenvalue weighted by Gasteiger charge is -2.28. The zero-order chi connectivity index (χ0) is 25.2. The SMILES string of the molecule is COc1cc2c(NC3=CC(C)C(Cl)C(Cl)=C3)ncnc2cc1OCc1csc(C2CCCN(C)C2)n1. The normalized spacial score (nSPS) is 22.8. The predicted octanol–water partition coefficient (Wildman–Crippen LogP) is 6.16. The van der Waals surface area contributed by atoms with Gasteiger partial charge in [-0.2, -0.15) is 0 Å². The number of rotatable bonds is 7. The molecule has 10 heteroatoms. The Hall–Kier alpha value is -2.39. The Bertz CT molecular complexity index is 1310. The first-order chi connectivity index (χ1) is 17.4. The molecule has 190 valence electrons. The third-order valence-corrected chi connectivity index (χ3v) is 8.71. The van der Waals surface area contributed by atoms with E-state index in [1.165, 1.54) is 24.2 Å². The van der Waals surface area contributed by atoms with Crippen LogP contribution in [0.1, 0.15) is 36.4 Å². The van der Waals surface area contributed by atoms with Crippen LogP contribution in [0.25, 0.3) is 10.9 Å². The fourth-order valence-electron chi connectivity index (χ4n) is 4.64. The Labute approximate surface area is 225 Å². The lowest BCUT2D eigenvalue weighted by atomic mass is 9.99. The molecule has 0 spiro atoms. The predicted molar refractivity (Wildman–Crippen MR) is 146 cm³/mol. The van der Waals surface area contributed by atoms with Gasteiger partial charge in [-0.05, 0) is 44.5 Å². The monoisotopic (exact) mass is 545 g/mol. The smallest absolute Gasteiger partial charge is 0.163 e. The van der Waals surface area contributed by atoms with E-state index in [-0.39, 0.29) is 11.3 Å². The summed E-state index contributed by atoms with van der Waals surface area (Å²) in [6, 6.07) is 3.76. The van der Waals surface area contributed by atoms with Crippen LogP contribution < -0.4 is 14.8 Å². The quantitative estimate of drug-likeness (QED) is 0.356. The Morgan fingerprint density at radius 3 is 2.89 bits per heavy atom. The molecule has 1 aliphatic carbocycles. The van der Waals surface area contributed by atoms with E-state index in [2.05, 4.69) is 32.6 Å². The van der Waals surface area contributed by atoms with Crippen LogP contribution >= 0.6 is 34.5 Å². The second kappa shape index (κ2) is 10.9. The van der Waals surface area contributed by atoms with Gasteiger partial charge in [-0.15, -0.1) is 22.9 Å². The molecule has 0 amide bonds. The number of fused-ring (bicyclic) bond motifs is 1. The molecule has 3 aromatic rings. The number of likely N-dealkylation sites (N-methyl/N-ethyl adjacent to an activating group) is 1. The maximum atomic E-state index is 6.32. The van der Waals surface area contributed by atoms with Gasteiger partial charge >= 0.3 is 0 Å². The van der Waals surface area contributed by atoms with Gasteiger partial charge in [0.05, 0.1) is 28.7 Å². The van der Waals surface area contributed by atoms with Gasteiger partial charge in [0.1, 0.15) is 18.8 Å². The number of aromatic nitrogens is 3. The van der Waals surface area contributed by atoms with Gasteiger partial charge in [0.25, 0.3) is 0 Å². The lowest BCUT2D eigenvalue weighted by molar-refractivity contribution is 0.249. The second-order valence-corrected chi connectivity index (χ2v) is 11.1. The first-order valence-corrected chi connectivity index (χ1v) is 13.7. The molecular weight excluding hydrogens is 517 g/mol. The number of thiazole rings is 1. The first-order valence-electron chi connectivity index (χ1n) is 12.0. The molecule has 0 bridgehead atoms. The van der Waals surface area contributed by atoms with Gasteiger partial charge < -0.3 is 19.7 Å². The fraction of sp³-hybridized carbons (Fsp3) is 0.423. The molecule has 2 aromatic heterocycles. The highest BCUT2D eigenvalue weighted by Gasteiger charge is 2.23. The number of ether oxygens (including phenoxy) is 2. The maximum absolute atomic E-state index is 6.32. The molecule has 3 atom stereocenters. The highest BCUT2D eigenvalue weighted by molar-refractivity contribution is 7.09. The number of halogens is 2. The van der Waals surface area contributed by atoms with Crippen LogP contribution in [0.15, 0.2) is 46.7 Å². The van der Waals surface area contributed by atoms with E-state index < -0.39 is 0 Å². The van der Waals surface area contributed by atoms with Crippen molar-refractivity contribution in [1.82, 2.24) is 19.9 Å². The summed E-state index contributed by atoms with van der Waals surface area (Å²) >= 11 is 14.4. The lowest BCUT2D eigenvalue weighted by Crippen LogP contribution is -2.30. The minimum Gasteiger partial charge on any atom is -0.493 e. The van der Waals surface area contributed by atoms with Gasteiger partial charge in [-0.3, -0.25) is 0 Å². The molecule has 2 aliphatic rings. The van der Waals surface area contributed by atoms with E-state index in [1.54, 1.807) is 18.4 Å². The largest absolute Gasteiger partial charge is 0.493 e. The van der Waals surface area contributed by atoms with Crippen molar-refractivity contribution >= 4 is 51.3 Å². The van der Waals surface area contributed by atoms with Crippen molar-refractivity contribution in [3.05, 3.63) is 57.4 Å². The highest BCUT2D eigenvalue weighted by atomic mass is 35.5. The third-order valence-electron chi connectivity index (χ3n) is 6.56. The summed E-state index contributed by atoms with van der Waals surface area (Å²) in [4.78, 5) is 16.1. The van der Waals surface area contributed by atoms with Crippen molar-refractivity contribution in [3.8, 4) is 11.5 Å². The zero-order valence-corrected chi connectivity index (χ0v) is 22.8. The summed E-state index contributed by atoms with van der Waals surface area (Å²) < 4.78 is 11.8. The summed E-state index contributed by atoms with van der Waals surface area (Å²) in [5.74, 6) is 2.46. The zero-order valence-electron chi connectivity index (χ0n) is 20.5. The molecular formula is C26H29Cl2N5O2S. The van der Waals surface area contributed by atoms with E-state index in [9.17, 15) is 0 Å². The van der Waals surface area contributed by atoms with Crippen LogP contribution in [-0.2, 0) is 6.61 Å². The van der Waals surface area contributed by atoms with Crippen molar-refractivity contribution in [3.63, 3.8) is 0 Å². The molecule has 1 N–H and O–H groups in total. The summed E-state index contributed by atoms with van der Waals surface area (Å²) in [5.41, 5.74) is 2.50. The van der Waals surface area contributed by atoms with Gasteiger partial charge in [0.15, 0.2) is 11.5 Å². The van der Waals surface area contributed by atoms with Crippen molar-refractivity contribution in [1.29, 1.82) is 0 Å². The summed E-state index contributed by atoms with van der Waals surface area (Å²) in [7, 11) is 3.80. The summed E-state index contributed by atoms with van der Waals surface area (Å²) in [5, 5.41) is 7.81. The van der Waals surface area contributed by atoms with Gasteiger partial charge in [0, 0.05) is 40.0 Å². The standard InChI is InChI=1S/C26H29Cl2N5O2S/c1-15-7-17(8-20(27)24(15)28)31-25-19-9-22(34-3)23(10-21(19)29-14-30-25)35-12-18-13-36-26(32-18)16-5-4-6-33(2)11-16/h7-10,13-16,24H,4-6,11-12H2,1-3H3,(H,29,30,31). The fourth-order valence-corrected chi connectivity index (χ4v) is 6.03. The molecule has 1 fully saturated rings. The highest BCUT2D eigenvalue weighted by Crippen LogP contribution is 2.36. The first kappa shape index (κ1) is 25.3. The van der Waals surface area contributed by atoms with Crippen LogP contribution in [0.4, 0.5) is 5.82 Å². The van der Waals surface area contributed by atoms with Crippen LogP contribution in [0, 0.1) is 5.92 Å². The summed E-state index contributed by atoms with van der Waals surface area (Å²) in [6.07, 6.45) is 7.80. The van der Waals surface area contributed by atoms with E-state index >= 15 is 0 Å². The Morgan fingerprint density at radius 2 is 2.11 bits per heavy atom. The number of alkyl halides is 1. The molecule has 0 radical (unpaired) electrons. The van der Waals surface area contributed by atoms with Crippen molar-refractivity contribution in [2.24, 2.45) is 5.92 Å². The number of benzene rings is 1. The Kier molecular flexibility index (Phi) is 7.67. The van der Waals surface area contributed by atoms with E-state index in [1.807, 2.05) is 31.2 Å². The number of hydrogen-bond donors (Lipinski definition) is 1. The van der Waals surface area contributed by atoms with E-state index in [4.69, 9.17) is 37.7 Å². The van der Waals surface area contributed by atoms with E-state index in [0.29, 0.717) is 34.9 Å². The maximum Gasteiger partial charge on any atom is 0.163 e. The number of nitrogens with zero attached hydrogens (tertiary/aromatic N) is 4. The van der Waals surface area contributed by atoms with Crippen LogP contribution in [0.5, 0.6) is 11.5 Å². The Morgan fingerprint density at radius 1 is 1.25 bits per heavy atom. The molecule has 1 aromatic carbocycles. The number of hydrogen-bond acceptors (Lipinski definition) is 8. The average molecular weight is 547 g/mol. The average Bonchev–Trinajstić information content (AvgIpc) is 3.35. The molecule has 3 heterocycles. The van der Waals surface area contributed by atoms with Crippen molar-refractivity contribution < 1.29 is 9.47 Å². The number of methoxy groups -OCH3 is 1. The molecule has 36 heavy (non-hydrogen) atoms. The number of nitrogens with one attached hydrogen (secondary N) is 1. The van der Waals surface area contributed by atoms with Crippen LogP contribution in [0.3, 0.4) is 0 Å². The topological polar surface area (TPSA) is 72.4 Å². The molecule has 7 nitrogen and oxygen atoms in total. The van der Waals surface area contributed by atoms with Gasteiger partial charge in [-0.1, -0.05) is 24.6 Å². The molecule has 1 saturated heterocycles. The van der Waals surface area contributed by atoms with Crippen LogP contribution in [-0.4, -0.2) is 52.5 Å². The molecule has 3 unspecified atom stereocenters. The molecule has 1 aliphatic heterocycles. The van der Waals surface area contributed by atoms with E-state index in [0.717, 1.165) is 35.4 Å². The second-order valence-electron chi connectivity index (χ2n) is 9.35. The molecule has 0 saturated carbocycles. The van der Waals surface area contributed by atoms with Gasteiger partial charge in [-0.25, -0.2) is 15.0 Å². The number of likely N-dealkylation sites (tertiary alicyclic amines) is 1. The van der Waals surface area contributed by atoms with Gasteiger partial charge in [0.2, 0.25) is 0 Å². The third kappa shape index (κ3) is 5.47. The number of allylic oxidation sites excluding steroid dienone is 3. The minimum atomic E-state index is -0.225. The number of anilines is 1. The number of piperidine rings is 1. The Balaban J connectivity index is 1.34. The van der Waals surface area contributed by atoms with Crippen molar-refractivity contribution in [2.75, 3.05) is 32.6 Å².